The summed E-state index contributed by atoms with van der Waals surface area (Å²) >= 11 is 3.31. The van der Waals surface area contributed by atoms with Crippen molar-refractivity contribution >= 4 is 45.5 Å². The molecule has 1 saturated heterocycles. The number of halogens is 1. The third-order valence-electron chi connectivity index (χ3n) is 3.77. The van der Waals surface area contributed by atoms with E-state index >= 15 is 0 Å². The van der Waals surface area contributed by atoms with E-state index in [0.29, 0.717) is 22.8 Å². The first-order valence-corrected chi connectivity index (χ1v) is 8.60. The third-order valence-corrected chi connectivity index (χ3v) is 4.30. The fourth-order valence-electron chi connectivity index (χ4n) is 2.54. The van der Waals surface area contributed by atoms with Crippen molar-refractivity contribution in [2.45, 2.75) is 13.8 Å². The van der Waals surface area contributed by atoms with Crippen molar-refractivity contribution in [2.75, 3.05) is 11.9 Å². The highest BCUT2D eigenvalue weighted by molar-refractivity contribution is 9.10. The first-order valence-electron chi connectivity index (χ1n) is 7.80. The molecule has 0 radical (unpaired) electrons. The van der Waals surface area contributed by atoms with E-state index in [2.05, 4.69) is 26.6 Å². The first-order chi connectivity index (χ1) is 12.3. The lowest BCUT2D eigenvalue weighted by Crippen LogP contribution is -2.38. The maximum atomic E-state index is 12.4. The molecular weight excluding hydrogens is 402 g/mol. The minimum Gasteiger partial charge on any atom is -0.466 e. The SMILES string of the molecule is Cc1cc(/C=C2\NC(=O)N(CC(=O)Nc3ccc(Br)cc3)C2=O)c(C)o1. The number of imide groups is 1. The van der Waals surface area contributed by atoms with Gasteiger partial charge in [-0.15, -0.1) is 0 Å². The molecule has 2 N–H and O–H groups in total. The van der Waals surface area contributed by atoms with Crippen molar-refractivity contribution in [3.8, 4) is 0 Å². The Hall–Kier alpha value is -2.87. The van der Waals surface area contributed by atoms with Gasteiger partial charge in [0.05, 0.1) is 0 Å². The fraction of sp³-hybridized carbons (Fsp3) is 0.167. The van der Waals surface area contributed by atoms with E-state index in [-0.39, 0.29) is 12.2 Å². The largest absolute Gasteiger partial charge is 0.466 e. The van der Waals surface area contributed by atoms with E-state index in [0.717, 1.165) is 9.37 Å². The molecule has 26 heavy (non-hydrogen) atoms. The van der Waals surface area contributed by atoms with Gasteiger partial charge in [0, 0.05) is 15.7 Å². The molecular formula is C18H16BrN3O4. The van der Waals surface area contributed by atoms with Crippen LogP contribution < -0.4 is 10.6 Å². The van der Waals surface area contributed by atoms with Gasteiger partial charge in [0.15, 0.2) is 0 Å². The minimum absolute atomic E-state index is 0.107. The second-order valence-corrected chi connectivity index (χ2v) is 6.72. The summed E-state index contributed by atoms with van der Waals surface area (Å²) in [4.78, 5) is 37.5. The number of nitrogens with one attached hydrogen (secondary N) is 2. The Labute approximate surface area is 158 Å². The number of furan rings is 1. The van der Waals surface area contributed by atoms with Gasteiger partial charge in [0.2, 0.25) is 5.91 Å². The topological polar surface area (TPSA) is 91.7 Å². The molecule has 0 unspecified atom stereocenters. The number of carbonyl (C=O) groups is 3. The lowest BCUT2D eigenvalue weighted by molar-refractivity contribution is -0.127. The van der Waals surface area contributed by atoms with Crippen LogP contribution in [0.1, 0.15) is 17.1 Å². The zero-order valence-corrected chi connectivity index (χ0v) is 15.7. The van der Waals surface area contributed by atoms with Gasteiger partial charge >= 0.3 is 6.03 Å². The highest BCUT2D eigenvalue weighted by Crippen LogP contribution is 2.20. The molecule has 0 atom stereocenters. The summed E-state index contributed by atoms with van der Waals surface area (Å²) in [6, 6.07) is 8.11. The lowest BCUT2D eigenvalue weighted by atomic mass is 10.2. The van der Waals surface area contributed by atoms with Gasteiger partial charge in [-0.25, -0.2) is 9.69 Å². The van der Waals surface area contributed by atoms with Gasteiger partial charge in [0.25, 0.3) is 5.91 Å². The predicted octanol–water partition coefficient (Wildman–Crippen LogP) is 3.19. The van der Waals surface area contributed by atoms with E-state index in [1.807, 2.05) is 0 Å². The van der Waals surface area contributed by atoms with Crippen LogP contribution in [-0.4, -0.2) is 29.3 Å². The number of hydrogen-bond acceptors (Lipinski definition) is 4. The Morgan fingerprint density at radius 3 is 2.58 bits per heavy atom. The number of anilines is 1. The lowest BCUT2D eigenvalue weighted by Gasteiger charge is -2.12. The molecule has 0 bridgehead atoms. The Morgan fingerprint density at radius 1 is 1.27 bits per heavy atom. The first kappa shape index (κ1) is 17.9. The van der Waals surface area contributed by atoms with Gasteiger partial charge < -0.3 is 15.1 Å². The number of benzene rings is 1. The zero-order valence-electron chi connectivity index (χ0n) is 14.1. The molecule has 2 heterocycles. The molecule has 4 amide bonds. The van der Waals surface area contributed by atoms with Crippen LogP contribution >= 0.6 is 15.9 Å². The summed E-state index contributed by atoms with van der Waals surface area (Å²) in [5.41, 5.74) is 1.38. The second kappa shape index (κ2) is 7.17. The molecule has 1 aromatic heterocycles. The summed E-state index contributed by atoms with van der Waals surface area (Å²) in [6.07, 6.45) is 1.54. The molecule has 1 aromatic carbocycles. The third kappa shape index (κ3) is 3.85. The van der Waals surface area contributed by atoms with Crippen LogP contribution in [0.25, 0.3) is 6.08 Å². The average molecular weight is 418 g/mol. The standard InChI is InChI=1S/C18H16BrN3O4/c1-10-7-12(11(2)26-10)8-15-17(24)22(18(25)21-15)9-16(23)20-14-5-3-13(19)4-6-14/h3-8H,9H2,1-2H3,(H,20,23)(H,21,25)/b15-8-. The maximum Gasteiger partial charge on any atom is 0.329 e. The molecule has 134 valence electrons. The van der Waals surface area contributed by atoms with Crippen LogP contribution in [0.4, 0.5) is 10.5 Å². The smallest absolute Gasteiger partial charge is 0.329 e. The Kier molecular flexibility index (Phi) is 4.94. The highest BCUT2D eigenvalue weighted by atomic mass is 79.9. The average Bonchev–Trinajstić information content (AvgIpc) is 3.03. The molecule has 1 fully saturated rings. The van der Waals surface area contributed by atoms with Crippen molar-refractivity contribution in [1.29, 1.82) is 0 Å². The number of urea groups is 1. The summed E-state index contributed by atoms with van der Waals surface area (Å²) < 4.78 is 6.28. The Bertz CT molecular complexity index is 915. The second-order valence-electron chi connectivity index (χ2n) is 5.80. The van der Waals surface area contributed by atoms with Crippen LogP contribution in [0.3, 0.4) is 0 Å². The van der Waals surface area contributed by atoms with E-state index in [1.165, 1.54) is 0 Å². The summed E-state index contributed by atoms with van der Waals surface area (Å²) in [5, 5.41) is 5.13. The molecule has 1 aliphatic heterocycles. The van der Waals surface area contributed by atoms with Crippen molar-refractivity contribution in [3.63, 3.8) is 0 Å². The number of aryl methyl sites for hydroxylation is 2. The monoisotopic (exact) mass is 417 g/mol. The summed E-state index contributed by atoms with van der Waals surface area (Å²) in [6.45, 7) is 3.19. The van der Waals surface area contributed by atoms with Gasteiger partial charge in [-0.05, 0) is 50.3 Å². The van der Waals surface area contributed by atoms with E-state index < -0.39 is 17.8 Å². The van der Waals surface area contributed by atoms with Crippen molar-refractivity contribution < 1.29 is 18.8 Å². The fourth-order valence-corrected chi connectivity index (χ4v) is 2.81. The minimum atomic E-state index is -0.634. The van der Waals surface area contributed by atoms with Crippen molar-refractivity contribution in [1.82, 2.24) is 10.2 Å². The van der Waals surface area contributed by atoms with Gasteiger partial charge in [-0.1, -0.05) is 15.9 Å². The Morgan fingerprint density at radius 2 is 1.96 bits per heavy atom. The Balaban J connectivity index is 1.70. The van der Waals surface area contributed by atoms with E-state index in [4.69, 9.17) is 4.42 Å². The normalized spacial score (nSPS) is 15.5. The quantitative estimate of drug-likeness (QED) is 0.590. The van der Waals surface area contributed by atoms with Crippen LogP contribution in [-0.2, 0) is 9.59 Å². The molecule has 0 spiro atoms. The number of carbonyl (C=O) groups excluding carboxylic acids is 3. The molecule has 2 aromatic rings. The molecule has 0 saturated carbocycles. The highest BCUT2D eigenvalue weighted by Gasteiger charge is 2.35. The molecule has 1 aliphatic rings. The molecule has 8 heteroatoms. The maximum absolute atomic E-state index is 12.4. The van der Waals surface area contributed by atoms with Gasteiger partial charge in [0.1, 0.15) is 23.8 Å². The number of nitrogens with zero attached hydrogens (tertiary/aromatic N) is 1. The van der Waals surface area contributed by atoms with Crippen molar-refractivity contribution in [2.24, 2.45) is 0 Å². The number of rotatable bonds is 4. The van der Waals surface area contributed by atoms with Crippen LogP contribution in [0.15, 0.2) is 44.9 Å². The van der Waals surface area contributed by atoms with Gasteiger partial charge in [-0.2, -0.15) is 0 Å². The van der Waals surface area contributed by atoms with Gasteiger partial charge in [-0.3, -0.25) is 9.59 Å². The molecule has 3 rings (SSSR count). The summed E-state index contributed by atoms with van der Waals surface area (Å²) in [7, 11) is 0. The summed E-state index contributed by atoms with van der Waals surface area (Å²) in [5.74, 6) is 0.326. The van der Waals surface area contributed by atoms with E-state index in [1.54, 1.807) is 50.3 Å². The van der Waals surface area contributed by atoms with E-state index in [9.17, 15) is 14.4 Å². The van der Waals surface area contributed by atoms with Crippen LogP contribution in [0.5, 0.6) is 0 Å². The van der Waals surface area contributed by atoms with Crippen molar-refractivity contribution in [3.05, 3.63) is 57.6 Å². The van der Waals surface area contributed by atoms with Crippen LogP contribution in [0.2, 0.25) is 0 Å². The molecule has 7 nitrogen and oxygen atoms in total. The number of hydrogen-bond donors (Lipinski definition) is 2. The number of amides is 4. The zero-order chi connectivity index (χ0) is 18.8. The predicted molar refractivity (Wildman–Crippen MR) is 99.2 cm³/mol. The van der Waals surface area contributed by atoms with Crippen LogP contribution in [0, 0.1) is 13.8 Å². The molecule has 0 aliphatic carbocycles.